The number of benzene rings is 1. The van der Waals surface area contributed by atoms with E-state index in [1.807, 2.05) is 18.2 Å². The van der Waals surface area contributed by atoms with E-state index in [1.165, 1.54) is 11.8 Å². The maximum Gasteiger partial charge on any atom is 0.367 e. The lowest BCUT2D eigenvalue weighted by Gasteiger charge is -2.17. The first-order chi connectivity index (χ1) is 13.5. The zero-order valence-corrected chi connectivity index (χ0v) is 16.5. The molecule has 3 rings (SSSR count). The van der Waals surface area contributed by atoms with Crippen LogP contribution in [-0.4, -0.2) is 41.6 Å². The molecule has 0 amide bonds. The van der Waals surface area contributed by atoms with Gasteiger partial charge in [0.05, 0.1) is 11.6 Å². The Balaban J connectivity index is 1.58. The summed E-state index contributed by atoms with van der Waals surface area (Å²) in [6.07, 6.45) is 3.53. The van der Waals surface area contributed by atoms with E-state index in [9.17, 15) is 9.18 Å². The average molecular weight is 404 g/mol. The van der Waals surface area contributed by atoms with Crippen LogP contribution >= 0.6 is 11.6 Å². The summed E-state index contributed by atoms with van der Waals surface area (Å²) in [6, 6.07) is 12.2. The van der Waals surface area contributed by atoms with Crippen molar-refractivity contribution < 1.29 is 13.9 Å². The topological polar surface area (TPSA) is 54.5 Å². The number of likely N-dealkylation sites (tertiary alicyclic amines) is 1. The van der Waals surface area contributed by atoms with Crippen molar-refractivity contribution in [1.82, 2.24) is 9.88 Å². The van der Waals surface area contributed by atoms with Crippen molar-refractivity contribution in [3.63, 3.8) is 0 Å². The van der Waals surface area contributed by atoms with Gasteiger partial charge >= 0.3 is 5.97 Å². The number of ether oxygens (including phenoxy) is 1. The second kappa shape index (κ2) is 9.66. The summed E-state index contributed by atoms with van der Waals surface area (Å²) in [4.78, 5) is 18.0. The van der Waals surface area contributed by atoms with Gasteiger partial charge in [-0.1, -0.05) is 41.9 Å². The highest BCUT2D eigenvalue weighted by Crippen LogP contribution is 2.25. The van der Waals surface area contributed by atoms with Crippen molar-refractivity contribution in [2.24, 2.45) is 0 Å². The van der Waals surface area contributed by atoms with Gasteiger partial charge in [-0.2, -0.15) is 4.39 Å². The Kier molecular flexibility index (Phi) is 7.01. The van der Waals surface area contributed by atoms with Crippen molar-refractivity contribution in [3.8, 4) is 0 Å². The molecular weight excluding hydrogens is 381 g/mol. The van der Waals surface area contributed by atoms with Crippen LogP contribution in [0.5, 0.6) is 0 Å². The molecule has 28 heavy (non-hydrogen) atoms. The van der Waals surface area contributed by atoms with E-state index in [2.05, 4.69) is 32.1 Å². The lowest BCUT2D eigenvalue weighted by molar-refractivity contribution is -0.140. The normalized spacial score (nSPS) is 17.5. The third-order valence-electron chi connectivity index (χ3n) is 4.49. The number of nitrogens with one attached hydrogen (secondary N) is 1. The lowest BCUT2D eigenvalue weighted by atomic mass is 10.2. The van der Waals surface area contributed by atoms with Crippen LogP contribution in [0, 0.1) is 0 Å². The van der Waals surface area contributed by atoms with Gasteiger partial charge in [0.25, 0.3) is 0 Å². The maximum atomic E-state index is 13.7. The summed E-state index contributed by atoms with van der Waals surface area (Å²) < 4.78 is 18.4. The highest BCUT2D eigenvalue weighted by atomic mass is 35.5. The smallest absolute Gasteiger partial charge is 0.367 e. The molecule has 0 radical (unpaired) electrons. The number of pyridine rings is 1. The van der Waals surface area contributed by atoms with Crippen LogP contribution in [0.1, 0.15) is 24.5 Å². The minimum absolute atomic E-state index is 0.116. The van der Waals surface area contributed by atoms with Crippen molar-refractivity contribution >= 4 is 29.5 Å². The van der Waals surface area contributed by atoms with E-state index < -0.39 is 11.8 Å². The SMILES string of the molecule is CCOC(=O)C(F)=Cc1cnc(N[C@@H]2CCN(Cc3ccccc3)C2)c(Cl)c1. The Bertz CT molecular complexity index is 845. The molecule has 0 bridgehead atoms. The van der Waals surface area contributed by atoms with E-state index in [4.69, 9.17) is 11.6 Å². The Morgan fingerprint density at radius 2 is 2.21 bits per heavy atom. The van der Waals surface area contributed by atoms with Crippen LogP contribution in [-0.2, 0) is 16.1 Å². The number of nitrogens with zero attached hydrogens (tertiary/aromatic N) is 2. The van der Waals surface area contributed by atoms with Gasteiger partial charge in [-0.25, -0.2) is 9.78 Å². The number of rotatable bonds is 7. The van der Waals surface area contributed by atoms with Gasteiger partial charge in [-0.3, -0.25) is 4.90 Å². The van der Waals surface area contributed by atoms with Gasteiger partial charge in [0.15, 0.2) is 0 Å². The summed E-state index contributed by atoms with van der Waals surface area (Å²) in [5.74, 6) is -1.42. The number of esters is 1. The fourth-order valence-electron chi connectivity index (χ4n) is 3.17. The molecule has 1 saturated heterocycles. The molecule has 148 valence electrons. The first-order valence-electron chi connectivity index (χ1n) is 9.28. The third-order valence-corrected chi connectivity index (χ3v) is 4.78. The van der Waals surface area contributed by atoms with Crippen LogP contribution in [0.2, 0.25) is 5.02 Å². The molecule has 1 aliphatic heterocycles. The van der Waals surface area contributed by atoms with Gasteiger partial charge in [-0.05, 0) is 36.6 Å². The largest absolute Gasteiger partial charge is 0.461 e. The van der Waals surface area contributed by atoms with E-state index in [1.54, 1.807) is 13.0 Å². The monoisotopic (exact) mass is 403 g/mol. The van der Waals surface area contributed by atoms with Crippen LogP contribution in [0.15, 0.2) is 48.4 Å². The molecule has 5 nitrogen and oxygen atoms in total. The Morgan fingerprint density at radius 1 is 1.43 bits per heavy atom. The standard InChI is InChI=1S/C21H23ClFN3O2/c1-2-28-21(27)19(23)11-16-10-18(22)20(24-12-16)25-17-8-9-26(14-17)13-15-6-4-3-5-7-15/h3-7,10-12,17H,2,8-9,13-14H2,1H3,(H,24,25)/t17-/m1/s1. The van der Waals surface area contributed by atoms with Gasteiger partial charge in [0, 0.05) is 31.9 Å². The maximum absolute atomic E-state index is 13.7. The summed E-state index contributed by atoms with van der Waals surface area (Å²) in [5, 5.41) is 3.74. The molecule has 0 unspecified atom stereocenters. The number of anilines is 1. The van der Waals surface area contributed by atoms with E-state index in [0.717, 1.165) is 32.1 Å². The molecule has 0 saturated carbocycles. The Hall–Kier alpha value is -2.44. The van der Waals surface area contributed by atoms with E-state index in [0.29, 0.717) is 16.4 Å². The highest BCUT2D eigenvalue weighted by molar-refractivity contribution is 6.33. The number of halogens is 2. The van der Waals surface area contributed by atoms with Gasteiger partial charge < -0.3 is 10.1 Å². The number of aromatic nitrogens is 1. The number of hydrogen-bond donors (Lipinski definition) is 1. The van der Waals surface area contributed by atoms with Crippen molar-refractivity contribution in [1.29, 1.82) is 0 Å². The van der Waals surface area contributed by atoms with Crippen LogP contribution in [0.25, 0.3) is 6.08 Å². The van der Waals surface area contributed by atoms with Crippen LogP contribution in [0.3, 0.4) is 0 Å². The Labute approximate surface area is 169 Å². The van der Waals surface area contributed by atoms with Crippen molar-refractivity contribution in [2.45, 2.75) is 25.9 Å². The van der Waals surface area contributed by atoms with Gasteiger partial charge in [0.1, 0.15) is 5.82 Å². The van der Waals surface area contributed by atoms with Gasteiger partial charge in [0.2, 0.25) is 5.83 Å². The second-order valence-electron chi connectivity index (χ2n) is 6.66. The second-order valence-corrected chi connectivity index (χ2v) is 7.07. The molecule has 1 aromatic heterocycles. The molecular formula is C21H23ClFN3O2. The fraction of sp³-hybridized carbons (Fsp3) is 0.333. The summed E-state index contributed by atoms with van der Waals surface area (Å²) in [7, 11) is 0. The quantitative estimate of drug-likeness (QED) is 0.552. The molecule has 1 aromatic carbocycles. The summed E-state index contributed by atoms with van der Waals surface area (Å²) in [5.41, 5.74) is 1.69. The first kappa shape index (κ1) is 20.3. The van der Waals surface area contributed by atoms with Gasteiger partial charge in [-0.15, -0.1) is 0 Å². The average Bonchev–Trinajstić information content (AvgIpc) is 3.12. The Morgan fingerprint density at radius 3 is 2.93 bits per heavy atom. The summed E-state index contributed by atoms with van der Waals surface area (Å²) >= 11 is 6.29. The van der Waals surface area contributed by atoms with E-state index >= 15 is 0 Å². The first-order valence-corrected chi connectivity index (χ1v) is 9.65. The third kappa shape index (κ3) is 5.53. The molecule has 1 N–H and O–H groups in total. The molecule has 1 aliphatic rings. The van der Waals surface area contributed by atoms with E-state index in [-0.39, 0.29) is 12.6 Å². The summed E-state index contributed by atoms with van der Waals surface area (Å²) in [6.45, 7) is 4.54. The molecule has 7 heteroatoms. The zero-order chi connectivity index (χ0) is 19.9. The number of carbonyl (C=O) groups is 1. The minimum Gasteiger partial charge on any atom is -0.461 e. The minimum atomic E-state index is -0.995. The number of hydrogen-bond acceptors (Lipinski definition) is 5. The predicted molar refractivity (Wildman–Crippen MR) is 109 cm³/mol. The van der Waals surface area contributed by atoms with Crippen LogP contribution in [0.4, 0.5) is 10.2 Å². The van der Waals surface area contributed by atoms with Crippen molar-refractivity contribution in [3.05, 3.63) is 64.6 Å². The fourth-order valence-corrected chi connectivity index (χ4v) is 3.40. The molecule has 0 aliphatic carbocycles. The molecule has 1 fully saturated rings. The van der Waals surface area contributed by atoms with Crippen LogP contribution < -0.4 is 5.32 Å². The lowest BCUT2D eigenvalue weighted by Crippen LogP contribution is -2.26. The predicted octanol–water partition coefficient (Wildman–Crippen LogP) is 4.29. The molecule has 2 heterocycles. The number of carbonyl (C=O) groups excluding carboxylic acids is 1. The molecule has 2 aromatic rings. The highest BCUT2D eigenvalue weighted by Gasteiger charge is 2.23. The van der Waals surface area contributed by atoms with Crippen molar-refractivity contribution in [2.75, 3.05) is 25.0 Å². The zero-order valence-electron chi connectivity index (χ0n) is 15.7. The molecule has 0 spiro atoms. The molecule has 1 atom stereocenters.